The van der Waals surface area contributed by atoms with Gasteiger partial charge in [0.25, 0.3) is 0 Å². The fraction of sp³-hybridized carbons (Fsp3) is 0.0833. The number of aromatic nitrogens is 1. The predicted molar refractivity (Wildman–Crippen MR) is 59.6 cm³/mol. The van der Waals surface area contributed by atoms with Crippen molar-refractivity contribution < 1.29 is 9.90 Å². The van der Waals surface area contributed by atoms with Crippen molar-refractivity contribution >= 4 is 22.9 Å². The molecule has 0 aliphatic carbocycles. The lowest BCUT2D eigenvalue weighted by Gasteiger charge is -1.97. The van der Waals surface area contributed by atoms with Crippen LogP contribution in [0.2, 0.25) is 0 Å². The van der Waals surface area contributed by atoms with E-state index in [0.29, 0.717) is 0 Å². The molecule has 0 saturated carbocycles. The van der Waals surface area contributed by atoms with Gasteiger partial charge in [0.05, 0.1) is 0 Å². The summed E-state index contributed by atoms with van der Waals surface area (Å²) >= 11 is 0. The van der Waals surface area contributed by atoms with Gasteiger partial charge >= 0.3 is 5.97 Å². The van der Waals surface area contributed by atoms with E-state index in [4.69, 9.17) is 5.11 Å². The topological polar surface area (TPSA) is 42.2 Å². The predicted octanol–water partition coefficient (Wildman–Crippen LogP) is 2.28. The van der Waals surface area contributed by atoms with Crippen LogP contribution in [0.5, 0.6) is 0 Å². The Morgan fingerprint density at radius 3 is 2.80 bits per heavy atom. The monoisotopic (exact) mass is 201 g/mol. The average molecular weight is 201 g/mol. The Kier molecular flexibility index (Phi) is 2.29. The second-order valence-electron chi connectivity index (χ2n) is 3.36. The summed E-state index contributed by atoms with van der Waals surface area (Å²) < 4.78 is 1.97. The molecule has 76 valence electrons. The molecule has 0 bridgehead atoms. The minimum atomic E-state index is -0.930. The second-order valence-corrected chi connectivity index (χ2v) is 3.36. The lowest BCUT2D eigenvalue weighted by Crippen LogP contribution is -1.91. The molecule has 3 nitrogen and oxygen atoms in total. The number of nitrogens with zero attached hydrogens (tertiary/aromatic N) is 1. The number of hydrogen-bond donors (Lipinski definition) is 1. The fourth-order valence-corrected chi connectivity index (χ4v) is 1.63. The number of carbonyl (C=O) groups is 1. The van der Waals surface area contributed by atoms with Crippen LogP contribution in [0.3, 0.4) is 0 Å². The van der Waals surface area contributed by atoms with Crippen LogP contribution < -0.4 is 0 Å². The molecule has 2 rings (SSSR count). The van der Waals surface area contributed by atoms with Gasteiger partial charge in [0.15, 0.2) is 0 Å². The van der Waals surface area contributed by atoms with Crippen molar-refractivity contribution in [3.63, 3.8) is 0 Å². The number of carboxylic acids is 1. The van der Waals surface area contributed by atoms with Gasteiger partial charge in [0.1, 0.15) is 0 Å². The molecule has 0 fully saturated rings. The molecule has 0 radical (unpaired) electrons. The lowest BCUT2D eigenvalue weighted by molar-refractivity contribution is -0.131. The summed E-state index contributed by atoms with van der Waals surface area (Å²) in [7, 11) is 1.92. The van der Waals surface area contributed by atoms with Gasteiger partial charge in [0.2, 0.25) is 0 Å². The Labute approximate surface area is 87.3 Å². The highest BCUT2D eigenvalue weighted by atomic mass is 16.4. The molecule has 0 aliphatic rings. The van der Waals surface area contributed by atoms with E-state index in [9.17, 15) is 4.79 Å². The maximum absolute atomic E-state index is 10.4. The molecule has 1 aromatic carbocycles. The minimum Gasteiger partial charge on any atom is -0.478 e. The van der Waals surface area contributed by atoms with Crippen molar-refractivity contribution in [1.29, 1.82) is 0 Å². The van der Waals surface area contributed by atoms with Gasteiger partial charge in [-0.25, -0.2) is 4.79 Å². The summed E-state index contributed by atoms with van der Waals surface area (Å²) in [4.78, 5) is 10.4. The van der Waals surface area contributed by atoms with Gasteiger partial charge in [-0.05, 0) is 18.2 Å². The van der Waals surface area contributed by atoms with Crippen LogP contribution in [0.15, 0.2) is 36.4 Å². The molecule has 0 saturated heterocycles. The quantitative estimate of drug-likeness (QED) is 0.757. The summed E-state index contributed by atoms with van der Waals surface area (Å²) in [5, 5.41) is 9.66. The van der Waals surface area contributed by atoms with E-state index in [1.807, 2.05) is 41.9 Å². The maximum atomic E-state index is 10.4. The van der Waals surface area contributed by atoms with Crippen LogP contribution in [0.4, 0.5) is 0 Å². The molecular formula is C12H11NO2. The molecule has 1 heterocycles. The highest BCUT2D eigenvalue weighted by Gasteiger charge is 2.01. The van der Waals surface area contributed by atoms with Gasteiger partial charge in [-0.15, -0.1) is 0 Å². The third kappa shape index (κ3) is 1.76. The maximum Gasteiger partial charge on any atom is 0.328 e. The summed E-state index contributed by atoms with van der Waals surface area (Å²) in [5.41, 5.74) is 1.99. The Morgan fingerprint density at radius 1 is 1.40 bits per heavy atom. The van der Waals surface area contributed by atoms with Crippen molar-refractivity contribution in [2.24, 2.45) is 7.05 Å². The van der Waals surface area contributed by atoms with Crippen molar-refractivity contribution in [2.75, 3.05) is 0 Å². The largest absolute Gasteiger partial charge is 0.478 e. The first-order valence-electron chi connectivity index (χ1n) is 4.64. The van der Waals surface area contributed by atoms with Crippen LogP contribution in [-0.4, -0.2) is 15.6 Å². The van der Waals surface area contributed by atoms with Crippen molar-refractivity contribution in [3.05, 3.63) is 42.1 Å². The van der Waals surface area contributed by atoms with Crippen LogP contribution in [0, 0.1) is 0 Å². The van der Waals surface area contributed by atoms with Gasteiger partial charge in [-0.1, -0.05) is 18.2 Å². The van der Waals surface area contributed by atoms with Gasteiger partial charge in [-0.2, -0.15) is 0 Å². The highest BCUT2D eigenvalue weighted by molar-refractivity contribution is 5.88. The van der Waals surface area contributed by atoms with Crippen molar-refractivity contribution in [1.82, 2.24) is 4.57 Å². The van der Waals surface area contributed by atoms with Crippen LogP contribution in [0.1, 0.15) is 5.69 Å². The van der Waals surface area contributed by atoms with Gasteiger partial charge in [-0.3, -0.25) is 0 Å². The highest BCUT2D eigenvalue weighted by Crippen LogP contribution is 2.18. The Balaban J connectivity index is 2.53. The number of carboxylic acid groups (broad SMARTS) is 1. The first kappa shape index (κ1) is 9.52. The van der Waals surface area contributed by atoms with E-state index in [-0.39, 0.29) is 0 Å². The summed E-state index contributed by atoms with van der Waals surface area (Å²) in [6.07, 6.45) is 2.75. The summed E-state index contributed by atoms with van der Waals surface area (Å²) in [5.74, 6) is -0.930. The lowest BCUT2D eigenvalue weighted by atomic mass is 10.2. The molecule has 1 N–H and O–H groups in total. The molecule has 2 aromatic rings. The number of benzene rings is 1. The standard InChI is InChI=1S/C12H11NO2/c1-13-10(6-7-12(14)15)8-9-4-2-3-5-11(9)13/h2-8H,1H3,(H,14,15)/b7-6-. The number of hydrogen-bond acceptors (Lipinski definition) is 1. The smallest absolute Gasteiger partial charge is 0.328 e. The third-order valence-corrected chi connectivity index (χ3v) is 2.39. The minimum absolute atomic E-state index is 0.888. The van der Waals surface area contributed by atoms with E-state index in [0.717, 1.165) is 22.7 Å². The van der Waals surface area contributed by atoms with E-state index in [1.54, 1.807) is 6.08 Å². The Hall–Kier alpha value is -2.03. The SMILES string of the molecule is Cn1c(/C=C\C(=O)O)cc2ccccc21. The first-order chi connectivity index (χ1) is 7.18. The number of aryl methyl sites for hydroxylation is 1. The molecule has 0 spiro atoms. The summed E-state index contributed by atoms with van der Waals surface area (Å²) in [6.45, 7) is 0. The zero-order valence-electron chi connectivity index (χ0n) is 8.34. The van der Waals surface area contributed by atoms with Gasteiger partial charge in [0, 0.05) is 29.7 Å². The molecule has 0 unspecified atom stereocenters. The fourth-order valence-electron chi connectivity index (χ4n) is 1.63. The van der Waals surface area contributed by atoms with Crippen LogP contribution in [0.25, 0.3) is 17.0 Å². The Bertz CT molecular complexity index is 538. The van der Waals surface area contributed by atoms with E-state index in [1.165, 1.54) is 0 Å². The number of rotatable bonds is 2. The summed E-state index contributed by atoms with van der Waals surface area (Å²) in [6, 6.07) is 9.91. The molecule has 15 heavy (non-hydrogen) atoms. The number of aliphatic carboxylic acids is 1. The molecule has 3 heteroatoms. The van der Waals surface area contributed by atoms with Crippen molar-refractivity contribution in [2.45, 2.75) is 0 Å². The van der Waals surface area contributed by atoms with Gasteiger partial charge < -0.3 is 9.67 Å². The van der Waals surface area contributed by atoms with Crippen molar-refractivity contribution in [3.8, 4) is 0 Å². The van der Waals surface area contributed by atoms with E-state index in [2.05, 4.69) is 0 Å². The normalized spacial score (nSPS) is 11.3. The third-order valence-electron chi connectivity index (χ3n) is 2.39. The van der Waals surface area contributed by atoms with E-state index < -0.39 is 5.97 Å². The average Bonchev–Trinajstić information content (AvgIpc) is 2.54. The second kappa shape index (κ2) is 3.61. The zero-order valence-corrected chi connectivity index (χ0v) is 8.34. The first-order valence-corrected chi connectivity index (χ1v) is 4.64. The van der Waals surface area contributed by atoms with Crippen LogP contribution >= 0.6 is 0 Å². The molecule has 0 atom stereocenters. The zero-order chi connectivity index (χ0) is 10.8. The van der Waals surface area contributed by atoms with E-state index >= 15 is 0 Å². The molecule has 0 amide bonds. The number of fused-ring (bicyclic) bond motifs is 1. The van der Waals surface area contributed by atoms with Crippen LogP contribution in [-0.2, 0) is 11.8 Å². The number of para-hydroxylation sites is 1. The molecule has 0 aliphatic heterocycles. The molecule has 1 aromatic heterocycles. The molecular weight excluding hydrogens is 190 g/mol. The Morgan fingerprint density at radius 2 is 2.13 bits per heavy atom.